The molecule has 0 radical (unpaired) electrons. The van der Waals surface area contributed by atoms with Gasteiger partial charge in [-0.3, -0.25) is 9.98 Å². The second-order valence-electron chi connectivity index (χ2n) is 5.22. The van der Waals surface area contributed by atoms with Gasteiger partial charge in [0.15, 0.2) is 11.6 Å². The number of guanidine groups is 1. The lowest BCUT2D eigenvalue weighted by atomic mass is 9.93. The Bertz CT molecular complexity index is 482. The average molecular weight is 233 g/mol. The molecule has 4 N–H and O–H groups in total. The highest BCUT2D eigenvalue weighted by Crippen LogP contribution is 2.54. The Labute approximate surface area is 98.7 Å². The van der Waals surface area contributed by atoms with Crippen molar-refractivity contribution >= 4 is 17.4 Å². The summed E-state index contributed by atoms with van der Waals surface area (Å²) in [5, 5.41) is 12.5. The van der Waals surface area contributed by atoms with Gasteiger partial charge < -0.3 is 16.2 Å². The molecule has 2 saturated carbocycles. The number of nitrogens with one attached hydrogen (secondary N) is 1. The van der Waals surface area contributed by atoms with Gasteiger partial charge in [-0.25, -0.2) is 4.99 Å². The predicted molar refractivity (Wildman–Crippen MR) is 64.4 cm³/mol. The van der Waals surface area contributed by atoms with E-state index >= 15 is 0 Å². The summed E-state index contributed by atoms with van der Waals surface area (Å²) in [5.41, 5.74) is 7.79. The van der Waals surface area contributed by atoms with Gasteiger partial charge in [0.2, 0.25) is 0 Å². The van der Waals surface area contributed by atoms with E-state index in [9.17, 15) is 5.11 Å². The SMILES string of the molecule is NC1=NC(CO)CC2[C@H]3N=C4CCC4=NC23N1. The summed E-state index contributed by atoms with van der Waals surface area (Å²) in [4.78, 5) is 13.8. The Kier molecular flexibility index (Phi) is 1.62. The lowest BCUT2D eigenvalue weighted by molar-refractivity contribution is 0.256. The largest absolute Gasteiger partial charge is 0.394 e. The van der Waals surface area contributed by atoms with Crippen LogP contribution in [0.15, 0.2) is 15.0 Å². The van der Waals surface area contributed by atoms with Crippen LogP contribution >= 0.6 is 0 Å². The Morgan fingerprint density at radius 2 is 2.18 bits per heavy atom. The van der Waals surface area contributed by atoms with Gasteiger partial charge in [0, 0.05) is 5.92 Å². The number of hydrogen-bond donors (Lipinski definition) is 3. The molecule has 0 amide bonds. The number of nitrogens with two attached hydrogens (primary N) is 1. The Balaban J connectivity index is 1.71. The van der Waals surface area contributed by atoms with Gasteiger partial charge in [0.05, 0.1) is 24.1 Å². The summed E-state index contributed by atoms with van der Waals surface area (Å²) in [7, 11) is 0. The maximum Gasteiger partial charge on any atom is 0.190 e. The predicted octanol–water partition coefficient (Wildman–Crippen LogP) is -0.961. The number of fused-ring (bicyclic) bond motifs is 2. The van der Waals surface area contributed by atoms with Gasteiger partial charge in [-0.05, 0) is 19.3 Å². The van der Waals surface area contributed by atoms with Crippen molar-refractivity contribution in [3.8, 4) is 0 Å². The van der Waals surface area contributed by atoms with Crippen LogP contribution in [-0.4, -0.2) is 46.8 Å². The van der Waals surface area contributed by atoms with Crippen molar-refractivity contribution in [2.24, 2.45) is 26.6 Å². The number of nitrogens with zero attached hydrogens (tertiary/aromatic N) is 3. The molecule has 0 aromatic rings. The molecular formula is C11H15N5O. The summed E-state index contributed by atoms with van der Waals surface area (Å²) < 4.78 is 0. The van der Waals surface area contributed by atoms with Crippen LogP contribution in [0.25, 0.3) is 0 Å². The summed E-state index contributed by atoms with van der Waals surface area (Å²) in [6.07, 6.45) is 2.90. The normalized spacial score (nSPS) is 45.7. The number of rotatable bonds is 1. The van der Waals surface area contributed by atoms with Gasteiger partial charge in [0.25, 0.3) is 0 Å². The van der Waals surface area contributed by atoms with Crippen LogP contribution in [0.3, 0.4) is 0 Å². The first-order valence-corrected chi connectivity index (χ1v) is 6.11. The van der Waals surface area contributed by atoms with Crippen LogP contribution in [0.4, 0.5) is 0 Å². The molecule has 17 heavy (non-hydrogen) atoms. The van der Waals surface area contributed by atoms with E-state index in [1.165, 1.54) is 5.71 Å². The molecule has 90 valence electrons. The first-order chi connectivity index (χ1) is 8.23. The van der Waals surface area contributed by atoms with Crippen molar-refractivity contribution in [3.05, 3.63) is 0 Å². The van der Waals surface area contributed by atoms with E-state index in [0.717, 1.165) is 25.0 Å². The van der Waals surface area contributed by atoms with E-state index in [1.807, 2.05) is 0 Å². The first-order valence-electron chi connectivity index (χ1n) is 6.11. The quantitative estimate of drug-likeness (QED) is 0.544. The van der Waals surface area contributed by atoms with Gasteiger partial charge in [-0.1, -0.05) is 0 Å². The molecule has 2 aliphatic carbocycles. The van der Waals surface area contributed by atoms with E-state index in [-0.39, 0.29) is 24.4 Å². The topological polar surface area (TPSA) is 95.4 Å². The molecule has 3 unspecified atom stereocenters. The van der Waals surface area contributed by atoms with Gasteiger partial charge in [-0.2, -0.15) is 0 Å². The zero-order chi connectivity index (χ0) is 11.6. The molecule has 0 saturated heterocycles. The van der Waals surface area contributed by atoms with Crippen LogP contribution in [0.2, 0.25) is 0 Å². The highest BCUT2D eigenvalue weighted by molar-refractivity contribution is 6.48. The van der Waals surface area contributed by atoms with Crippen molar-refractivity contribution < 1.29 is 5.11 Å². The Morgan fingerprint density at radius 3 is 2.88 bits per heavy atom. The third-order valence-electron chi connectivity index (χ3n) is 4.22. The van der Waals surface area contributed by atoms with Crippen LogP contribution in [0.5, 0.6) is 0 Å². The smallest absolute Gasteiger partial charge is 0.190 e. The summed E-state index contributed by atoms with van der Waals surface area (Å²) in [5.74, 6) is 0.714. The average Bonchev–Trinajstić information content (AvgIpc) is 2.89. The molecule has 1 spiro atoms. The summed E-state index contributed by atoms with van der Waals surface area (Å²) in [6, 6.07) is 0.0835. The molecular weight excluding hydrogens is 218 g/mol. The molecule has 0 aromatic heterocycles. The van der Waals surface area contributed by atoms with Crippen LogP contribution in [-0.2, 0) is 0 Å². The summed E-state index contributed by atoms with van der Waals surface area (Å²) >= 11 is 0. The third-order valence-corrected chi connectivity index (χ3v) is 4.22. The maximum atomic E-state index is 9.26. The molecule has 4 aliphatic rings. The molecule has 6 heteroatoms. The Morgan fingerprint density at radius 1 is 1.35 bits per heavy atom. The van der Waals surface area contributed by atoms with E-state index in [2.05, 4.69) is 10.3 Å². The second-order valence-corrected chi connectivity index (χ2v) is 5.22. The highest BCUT2D eigenvalue weighted by Gasteiger charge is 2.69. The number of aliphatic hydroxyl groups excluding tert-OH is 1. The molecule has 2 heterocycles. The minimum absolute atomic E-state index is 0.0365. The van der Waals surface area contributed by atoms with Gasteiger partial charge in [-0.15, -0.1) is 0 Å². The molecule has 6 nitrogen and oxygen atoms in total. The lowest BCUT2D eigenvalue weighted by Gasteiger charge is -2.27. The fourth-order valence-corrected chi connectivity index (χ4v) is 3.16. The molecule has 2 aliphatic heterocycles. The molecule has 4 rings (SSSR count). The van der Waals surface area contributed by atoms with Crippen LogP contribution in [0, 0.1) is 5.92 Å². The molecule has 0 aromatic carbocycles. The highest BCUT2D eigenvalue weighted by atomic mass is 16.3. The van der Waals surface area contributed by atoms with E-state index in [1.54, 1.807) is 0 Å². The van der Waals surface area contributed by atoms with E-state index in [0.29, 0.717) is 11.9 Å². The van der Waals surface area contributed by atoms with Crippen LogP contribution < -0.4 is 11.1 Å². The first kappa shape index (κ1) is 9.58. The van der Waals surface area contributed by atoms with Gasteiger partial charge in [0.1, 0.15) is 6.04 Å². The number of aliphatic hydroxyl groups is 1. The van der Waals surface area contributed by atoms with Crippen molar-refractivity contribution in [3.63, 3.8) is 0 Å². The van der Waals surface area contributed by atoms with E-state index in [4.69, 9.17) is 15.7 Å². The van der Waals surface area contributed by atoms with Crippen molar-refractivity contribution in [2.75, 3.05) is 6.61 Å². The monoisotopic (exact) mass is 233 g/mol. The fourth-order valence-electron chi connectivity index (χ4n) is 3.16. The molecule has 4 atom stereocenters. The lowest BCUT2D eigenvalue weighted by Crippen LogP contribution is -2.47. The number of aliphatic imine (C=N–C) groups is 3. The Hall–Kier alpha value is -1.43. The second kappa shape index (κ2) is 2.87. The van der Waals surface area contributed by atoms with Crippen molar-refractivity contribution in [1.82, 2.24) is 5.32 Å². The minimum atomic E-state index is -0.337. The van der Waals surface area contributed by atoms with E-state index < -0.39 is 0 Å². The standard InChI is InChI=1S/C11H15N5O/c12-10-13-5(4-17)3-6-9-11(6,16-10)15-8-2-1-7(8)14-9/h5-6,9,17H,1-4H2,(H3,12,13,16)/t5?,6?,9-,11?/m1/s1. The van der Waals surface area contributed by atoms with Crippen molar-refractivity contribution in [1.29, 1.82) is 0 Å². The molecule has 0 bridgehead atoms. The van der Waals surface area contributed by atoms with Gasteiger partial charge >= 0.3 is 0 Å². The zero-order valence-electron chi connectivity index (χ0n) is 9.43. The van der Waals surface area contributed by atoms with Crippen molar-refractivity contribution in [2.45, 2.75) is 37.0 Å². The van der Waals surface area contributed by atoms with Crippen LogP contribution in [0.1, 0.15) is 19.3 Å². The summed E-state index contributed by atoms with van der Waals surface area (Å²) in [6.45, 7) is 0.0365. The third kappa shape index (κ3) is 1.11. The minimum Gasteiger partial charge on any atom is -0.394 e. The zero-order valence-corrected chi connectivity index (χ0v) is 9.43. The number of hydrogen-bond acceptors (Lipinski definition) is 6. The fraction of sp³-hybridized carbons (Fsp3) is 0.727. The maximum absolute atomic E-state index is 9.26. The molecule has 2 fully saturated rings.